The molecular weight excluding hydrogens is 304 g/mol. The summed E-state index contributed by atoms with van der Waals surface area (Å²) in [7, 11) is 0. The second kappa shape index (κ2) is 7.49. The lowest BCUT2D eigenvalue weighted by Gasteiger charge is -2.08. The molecule has 0 aliphatic heterocycles. The first-order valence-corrected chi connectivity index (χ1v) is 6.91. The molecule has 1 N–H and O–H groups in total. The Kier molecular flexibility index (Phi) is 5.41. The van der Waals surface area contributed by atoms with Gasteiger partial charge in [0, 0.05) is 12.1 Å². The van der Waals surface area contributed by atoms with Gasteiger partial charge in [0.15, 0.2) is 6.61 Å². The van der Waals surface area contributed by atoms with Crippen LogP contribution in [0.5, 0.6) is 0 Å². The first-order valence-electron chi connectivity index (χ1n) is 6.91. The van der Waals surface area contributed by atoms with Gasteiger partial charge < -0.3 is 10.1 Å². The maximum absolute atomic E-state index is 13.4. The zero-order chi connectivity index (χ0) is 16.8. The van der Waals surface area contributed by atoms with E-state index in [1.165, 1.54) is 24.3 Å². The van der Waals surface area contributed by atoms with Gasteiger partial charge in [-0.05, 0) is 30.7 Å². The van der Waals surface area contributed by atoms with Crippen molar-refractivity contribution >= 4 is 11.9 Å². The molecule has 0 radical (unpaired) electrons. The molecule has 0 saturated heterocycles. The number of amides is 1. The molecule has 0 aromatic heterocycles. The van der Waals surface area contributed by atoms with E-state index in [1.807, 2.05) is 0 Å². The van der Waals surface area contributed by atoms with Crippen molar-refractivity contribution in [3.63, 3.8) is 0 Å². The number of carbonyl (C=O) groups is 2. The lowest BCUT2D eigenvalue weighted by molar-refractivity contribution is -0.124. The summed E-state index contributed by atoms with van der Waals surface area (Å²) < 4.78 is 31.5. The lowest BCUT2D eigenvalue weighted by Crippen LogP contribution is -2.28. The number of ether oxygens (including phenoxy) is 1. The summed E-state index contributed by atoms with van der Waals surface area (Å²) in [5.41, 5.74) is 0.756. The zero-order valence-electron chi connectivity index (χ0n) is 12.4. The third-order valence-corrected chi connectivity index (χ3v) is 3.18. The number of aryl methyl sites for hydroxylation is 1. The number of nitrogens with one attached hydrogen (secondary N) is 1. The summed E-state index contributed by atoms with van der Waals surface area (Å²) in [6.45, 7) is 1.03. The quantitative estimate of drug-likeness (QED) is 0.862. The number of hydrogen-bond acceptors (Lipinski definition) is 3. The van der Waals surface area contributed by atoms with E-state index in [1.54, 1.807) is 19.1 Å². The fourth-order valence-electron chi connectivity index (χ4n) is 1.82. The number of rotatable bonds is 5. The fraction of sp³-hybridized carbons (Fsp3) is 0.176. The second-order valence-electron chi connectivity index (χ2n) is 4.91. The number of hydrogen-bond donors (Lipinski definition) is 1. The predicted octanol–water partition coefficient (Wildman–Crippen LogP) is 2.75. The molecule has 0 fully saturated rings. The van der Waals surface area contributed by atoms with Crippen molar-refractivity contribution in [3.05, 3.63) is 70.8 Å². The molecule has 0 bridgehead atoms. The average molecular weight is 319 g/mol. The molecule has 1 amide bonds. The van der Waals surface area contributed by atoms with Crippen molar-refractivity contribution in [2.75, 3.05) is 6.61 Å². The first-order chi connectivity index (χ1) is 11.0. The van der Waals surface area contributed by atoms with E-state index in [0.717, 1.165) is 6.07 Å². The molecular formula is C17H15F2NO3. The zero-order valence-corrected chi connectivity index (χ0v) is 12.4. The van der Waals surface area contributed by atoms with Crippen LogP contribution in [0.1, 0.15) is 21.5 Å². The van der Waals surface area contributed by atoms with E-state index in [-0.39, 0.29) is 12.1 Å². The SMILES string of the molecule is Cc1ccc(C(=O)OCC(=O)NCc2ccccc2F)cc1F. The molecule has 0 saturated carbocycles. The molecule has 2 rings (SSSR count). The molecule has 2 aromatic carbocycles. The van der Waals surface area contributed by atoms with Gasteiger partial charge >= 0.3 is 5.97 Å². The molecule has 2 aromatic rings. The van der Waals surface area contributed by atoms with Crippen molar-refractivity contribution in [1.82, 2.24) is 5.32 Å². The van der Waals surface area contributed by atoms with Crippen LogP contribution in [0.2, 0.25) is 0 Å². The van der Waals surface area contributed by atoms with Crippen LogP contribution < -0.4 is 5.32 Å². The van der Waals surface area contributed by atoms with Crippen LogP contribution in [0.15, 0.2) is 42.5 Å². The van der Waals surface area contributed by atoms with Crippen LogP contribution in [0.4, 0.5) is 8.78 Å². The highest BCUT2D eigenvalue weighted by Crippen LogP contribution is 2.10. The van der Waals surface area contributed by atoms with Crippen LogP contribution in [-0.2, 0) is 16.1 Å². The minimum Gasteiger partial charge on any atom is -0.452 e. The van der Waals surface area contributed by atoms with Crippen LogP contribution in [0, 0.1) is 18.6 Å². The molecule has 0 heterocycles. The Morgan fingerprint density at radius 1 is 1.09 bits per heavy atom. The topological polar surface area (TPSA) is 55.4 Å². The maximum atomic E-state index is 13.4. The van der Waals surface area contributed by atoms with Crippen LogP contribution in [0.3, 0.4) is 0 Å². The van der Waals surface area contributed by atoms with E-state index in [4.69, 9.17) is 4.74 Å². The van der Waals surface area contributed by atoms with E-state index >= 15 is 0 Å². The highest BCUT2D eigenvalue weighted by Gasteiger charge is 2.12. The minimum atomic E-state index is -0.801. The summed E-state index contributed by atoms with van der Waals surface area (Å²) in [5.74, 6) is -2.33. The molecule has 23 heavy (non-hydrogen) atoms. The van der Waals surface area contributed by atoms with Crippen LogP contribution in [-0.4, -0.2) is 18.5 Å². The monoisotopic (exact) mass is 319 g/mol. The number of halogens is 2. The summed E-state index contributed by atoms with van der Waals surface area (Å²) in [6, 6.07) is 9.93. The average Bonchev–Trinajstić information content (AvgIpc) is 2.54. The number of esters is 1. The first kappa shape index (κ1) is 16.6. The van der Waals surface area contributed by atoms with Crippen LogP contribution in [0.25, 0.3) is 0 Å². The summed E-state index contributed by atoms with van der Waals surface area (Å²) in [6.07, 6.45) is 0. The summed E-state index contributed by atoms with van der Waals surface area (Å²) in [5, 5.41) is 2.44. The molecule has 4 nitrogen and oxygen atoms in total. The Morgan fingerprint density at radius 3 is 2.52 bits per heavy atom. The third kappa shape index (κ3) is 4.60. The smallest absolute Gasteiger partial charge is 0.338 e. The largest absolute Gasteiger partial charge is 0.452 e. The molecule has 0 aliphatic rings. The third-order valence-electron chi connectivity index (χ3n) is 3.18. The van der Waals surface area contributed by atoms with E-state index in [9.17, 15) is 18.4 Å². The lowest BCUT2D eigenvalue weighted by atomic mass is 10.1. The highest BCUT2D eigenvalue weighted by molar-refractivity contribution is 5.91. The maximum Gasteiger partial charge on any atom is 0.338 e. The summed E-state index contributed by atoms with van der Waals surface area (Å²) >= 11 is 0. The second-order valence-corrected chi connectivity index (χ2v) is 4.91. The Morgan fingerprint density at radius 2 is 1.83 bits per heavy atom. The fourth-order valence-corrected chi connectivity index (χ4v) is 1.82. The minimum absolute atomic E-state index is 0.0117. The van der Waals surface area contributed by atoms with Crippen LogP contribution >= 0.6 is 0 Å². The number of benzene rings is 2. The van der Waals surface area contributed by atoms with Gasteiger partial charge in [-0.15, -0.1) is 0 Å². The van der Waals surface area contributed by atoms with E-state index in [0.29, 0.717) is 11.1 Å². The Labute approximate surface area is 132 Å². The Bertz CT molecular complexity index is 732. The highest BCUT2D eigenvalue weighted by atomic mass is 19.1. The van der Waals surface area contributed by atoms with Gasteiger partial charge in [0.05, 0.1) is 5.56 Å². The van der Waals surface area contributed by atoms with Crippen molar-refractivity contribution in [1.29, 1.82) is 0 Å². The molecule has 0 aliphatic carbocycles. The van der Waals surface area contributed by atoms with Crippen molar-refractivity contribution < 1.29 is 23.1 Å². The van der Waals surface area contributed by atoms with Gasteiger partial charge in [-0.3, -0.25) is 4.79 Å². The Hall–Kier alpha value is -2.76. The van der Waals surface area contributed by atoms with Gasteiger partial charge in [-0.1, -0.05) is 24.3 Å². The van der Waals surface area contributed by atoms with E-state index in [2.05, 4.69) is 5.32 Å². The Balaban J connectivity index is 1.83. The molecule has 0 unspecified atom stereocenters. The van der Waals surface area contributed by atoms with Crippen molar-refractivity contribution in [2.45, 2.75) is 13.5 Å². The normalized spacial score (nSPS) is 10.2. The van der Waals surface area contributed by atoms with Gasteiger partial charge in [-0.2, -0.15) is 0 Å². The van der Waals surface area contributed by atoms with Gasteiger partial charge in [0.1, 0.15) is 11.6 Å². The molecule has 0 atom stereocenters. The number of carbonyl (C=O) groups excluding carboxylic acids is 2. The predicted molar refractivity (Wildman–Crippen MR) is 79.7 cm³/mol. The molecule has 120 valence electrons. The summed E-state index contributed by atoms with van der Waals surface area (Å²) in [4.78, 5) is 23.3. The van der Waals surface area contributed by atoms with Crippen molar-refractivity contribution in [2.24, 2.45) is 0 Å². The van der Waals surface area contributed by atoms with Gasteiger partial charge in [0.2, 0.25) is 0 Å². The van der Waals surface area contributed by atoms with Gasteiger partial charge in [0.25, 0.3) is 5.91 Å². The molecule has 6 heteroatoms. The van der Waals surface area contributed by atoms with Gasteiger partial charge in [-0.25, -0.2) is 13.6 Å². The van der Waals surface area contributed by atoms with E-state index < -0.39 is 30.1 Å². The standard InChI is InChI=1S/C17H15F2NO3/c1-11-6-7-12(8-15(11)19)17(22)23-10-16(21)20-9-13-4-2-3-5-14(13)18/h2-8H,9-10H2,1H3,(H,20,21). The van der Waals surface area contributed by atoms with Crippen molar-refractivity contribution in [3.8, 4) is 0 Å². The molecule has 0 spiro atoms.